The Bertz CT molecular complexity index is 724. The second kappa shape index (κ2) is 10.2. The molecule has 0 saturated heterocycles. The summed E-state index contributed by atoms with van der Waals surface area (Å²) in [4.78, 5) is 16.2. The van der Waals surface area contributed by atoms with Gasteiger partial charge in [0.25, 0.3) is 0 Å². The van der Waals surface area contributed by atoms with Gasteiger partial charge in [0.2, 0.25) is 0 Å². The molecule has 0 unspecified atom stereocenters. The van der Waals surface area contributed by atoms with Gasteiger partial charge in [0.15, 0.2) is 5.96 Å². The summed E-state index contributed by atoms with van der Waals surface area (Å²) < 4.78 is 5.60. The molecule has 2 aromatic carbocycles. The second-order valence-corrected chi connectivity index (χ2v) is 5.88. The van der Waals surface area contributed by atoms with Crippen LogP contribution >= 0.6 is 0 Å². The zero-order valence-electron chi connectivity index (χ0n) is 15.5. The van der Waals surface area contributed by atoms with Crippen molar-refractivity contribution in [3.05, 3.63) is 65.2 Å². The number of aliphatic imine (C=N–C) groups is 1. The Hall–Kier alpha value is -2.86. The lowest BCUT2D eigenvalue weighted by Crippen LogP contribution is -2.44. The SMILES string of the molecule is CN=C(NCCOCc1ccccc1)NC(=O)Nc1c(C)cccc1C. The van der Waals surface area contributed by atoms with Crippen LogP contribution in [0.3, 0.4) is 0 Å². The van der Waals surface area contributed by atoms with E-state index in [-0.39, 0.29) is 6.03 Å². The Morgan fingerprint density at radius 3 is 2.38 bits per heavy atom. The molecular weight excluding hydrogens is 328 g/mol. The molecule has 0 atom stereocenters. The first-order valence-corrected chi connectivity index (χ1v) is 8.56. The number of nitrogens with one attached hydrogen (secondary N) is 3. The van der Waals surface area contributed by atoms with E-state index >= 15 is 0 Å². The molecule has 26 heavy (non-hydrogen) atoms. The molecule has 0 saturated carbocycles. The first-order chi connectivity index (χ1) is 12.6. The molecule has 138 valence electrons. The molecule has 0 fully saturated rings. The summed E-state index contributed by atoms with van der Waals surface area (Å²) in [5.74, 6) is 0.400. The monoisotopic (exact) mass is 354 g/mol. The molecular formula is C20H26N4O2. The predicted octanol–water partition coefficient (Wildman–Crippen LogP) is 3.22. The number of carbonyl (C=O) groups is 1. The summed E-state index contributed by atoms with van der Waals surface area (Å²) in [6.07, 6.45) is 0. The minimum atomic E-state index is -0.333. The second-order valence-electron chi connectivity index (χ2n) is 5.88. The highest BCUT2D eigenvalue weighted by Gasteiger charge is 2.09. The van der Waals surface area contributed by atoms with Gasteiger partial charge in [-0.25, -0.2) is 4.79 Å². The summed E-state index contributed by atoms with van der Waals surface area (Å²) in [7, 11) is 1.62. The van der Waals surface area contributed by atoms with Gasteiger partial charge in [-0.1, -0.05) is 48.5 Å². The van der Waals surface area contributed by atoms with Crippen molar-refractivity contribution < 1.29 is 9.53 Å². The lowest BCUT2D eigenvalue weighted by atomic mass is 10.1. The van der Waals surface area contributed by atoms with E-state index in [9.17, 15) is 4.79 Å². The Labute approximate surface area is 154 Å². The van der Waals surface area contributed by atoms with Crippen LogP contribution in [-0.2, 0) is 11.3 Å². The summed E-state index contributed by atoms with van der Waals surface area (Å²) >= 11 is 0. The molecule has 0 aliphatic rings. The van der Waals surface area contributed by atoms with Crippen LogP contribution in [0.2, 0.25) is 0 Å². The zero-order chi connectivity index (χ0) is 18.8. The van der Waals surface area contributed by atoms with Gasteiger partial charge in [-0.05, 0) is 30.5 Å². The van der Waals surface area contributed by atoms with E-state index in [1.54, 1.807) is 7.05 Å². The van der Waals surface area contributed by atoms with Crippen LogP contribution < -0.4 is 16.0 Å². The molecule has 3 N–H and O–H groups in total. The minimum absolute atomic E-state index is 0.333. The molecule has 0 heterocycles. The number of rotatable bonds is 6. The quantitative estimate of drug-likeness (QED) is 0.424. The highest BCUT2D eigenvalue weighted by molar-refractivity contribution is 6.02. The van der Waals surface area contributed by atoms with E-state index in [4.69, 9.17) is 4.74 Å². The fourth-order valence-corrected chi connectivity index (χ4v) is 2.45. The van der Waals surface area contributed by atoms with Crippen molar-refractivity contribution in [3.63, 3.8) is 0 Å². The van der Waals surface area contributed by atoms with E-state index in [2.05, 4.69) is 20.9 Å². The van der Waals surface area contributed by atoms with Gasteiger partial charge < -0.3 is 15.4 Å². The van der Waals surface area contributed by atoms with Crippen molar-refractivity contribution in [2.75, 3.05) is 25.5 Å². The number of hydrogen-bond acceptors (Lipinski definition) is 3. The van der Waals surface area contributed by atoms with Crippen LogP contribution in [0.15, 0.2) is 53.5 Å². The van der Waals surface area contributed by atoms with Crippen LogP contribution in [-0.4, -0.2) is 32.2 Å². The van der Waals surface area contributed by atoms with Crippen molar-refractivity contribution in [3.8, 4) is 0 Å². The Kier molecular flexibility index (Phi) is 7.64. The molecule has 0 radical (unpaired) electrons. The third-order valence-electron chi connectivity index (χ3n) is 3.83. The van der Waals surface area contributed by atoms with Gasteiger partial charge in [-0.15, -0.1) is 0 Å². The molecule has 0 aliphatic carbocycles. The number of urea groups is 1. The molecule has 2 amide bonds. The average Bonchev–Trinajstić information content (AvgIpc) is 2.64. The lowest BCUT2D eigenvalue weighted by Gasteiger charge is -2.14. The summed E-state index contributed by atoms with van der Waals surface area (Å²) in [6.45, 7) is 5.53. The number of carbonyl (C=O) groups excluding carboxylic acids is 1. The smallest absolute Gasteiger partial charge is 0.326 e. The normalized spacial score (nSPS) is 11.1. The number of aryl methyl sites for hydroxylation is 2. The molecule has 2 rings (SSSR count). The van der Waals surface area contributed by atoms with Gasteiger partial charge in [0.05, 0.1) is 13.2 Å². The predicted molar refractivity (Wildman–Crippen MR) is 106 cm³/mol. The number of benzene rings is 2. The van der Waals surface area contributed by atoms with E-state index in [1.165, 1.54) is 0 Å². The Morgan fingerprint density at radius 2 is 1.73 bits per heavy atom. The summed E-state index contributed by atoms with van der Waals surface area (Å²) in [6, 6.07) is 15.5. The van der Waals surface area contributed by atoms with Gasteiger partial charge in [0.1, 0.15) is 0 Å². The van der Waals surface area contributed by atoms with Gasteiger partial charge in [0, 0.05) is 19.3 Å². The van der Waals surface area contributed by atoms with E-state index in [0.717, 1.165) is 22.4 Å². The van der Waals surface area contributed by atoms with E-state index in [1.807, 2.05) is 62.4 Å². The molecule has 0 bridgehead atoms. The van der Waals surface area contributed by atoms with Gasteiger partial charge >= 0.3 is 6.03 Å². The fraction of sp³-hybridized carbons (Fsp3) is 0.300. The highest BCUT2D eigenvalue weighted by Crippen LogP contribution is 2.18. The average molecular weight is 354 g/mol. The molecule has 6 nitrogen and oxygen atoms in total. The summed E-state index contributed by atoms with van der Waals surface area (Å²) in [5, 5.41) is 8.63. The number of nitrogens with zero attached hydrogens (tertiary/aromatic N) is 1. The van der Waals surface area contributed by atoms with E-state index < -0.39 is 0 Å². The van der Waals surface area contributed by atoms with Crippen LogP contribution in [0.4, 0.5) is 10.5 Å². The maximum absolute atomic E-state index is 12.2. The highest BCUT2D eigenvalue weighted by atomic mass is 16.5. The topological polar surface area (TPSA) is 74.8 Å². The standard InChI is InChI=1S/C20H26N4O2/c1-15-8-7-9-16(2)18(15)23-20(25)24-19(21-3)22-12-13-26-14-17-10-5-4-6-11-17/h4-11H,12-14H2,1-3H3,(H3,21,22,23,24,25). The number of para-hydroxylation sites is 1. The number of amides is 2. The van der Waals surface area contributed by atoms with Crippen LogP contribution in [0, 0.1) is 13.8 Å². The third kappa shape index (κ3) is 6.22. The number of anilines is 1. The fourth-order valence-electron chi connectivity index (χ4n) is 2.45. The third-order valence-corrected chi connectivity index (χ3v) is 3.83. The van der Waals surface area contributed by atoms with Gasteiger partial charge in [-0.3, -0.25) is 10.3 Å². The summed E-state index contributed by atoms with van der Waals surface area (Å²) in [5.41, 5.74) is 3.96. The lowest BCUT2D eigenvalue weighted by molar-refractivity contribution is 0.125. The van der Waals surface area contributed by atoms with Crippen molar-refractivity contribution in [1.29, 1.82) is 0 Å². The van der Waals surface area contributed by atoms with Crippen molar-refractivity contribution >= 4 is 17.7 Å². The number of hydrogen-bond donors (Lipinski definition) is 3. The molecule has 2 aromatic rings. The maximum atomic E-state index is 12.2. The largest absolute Gasteiger partial charge is 0.375 e. The maximum Gasteiger partial charge on any atom is 0.326 e. The van der Waals surface area contributed by atoms with Crippen LogP contribution in [0.25, 0.3) is 0 Å². The van der Waals surface area contributed by atoms with E-state index in [0.29, 0.717) is 25.7 Å². The van der Waals surface area contributed by atoms with Crippen LogP contribution in [0.1, 0.15) is 16.7 Å². The van der Waals surface area contributed by atoms with Crippen molar-refractivity contribution in [2.24, 2.45) is 4.99 Å². The number of guanidine groups is 1. The van der Waals surface area contributed by atoms with Crippen molar-refractivity contribution in [2.45, 2.75) is 20.5 Å². The van der Waals surface area contributed by atoms with Crippen molar-refractivity contribution in [1.82, 2.24) is 10.6 Å². The Balaban J connectivity index is 1.72. The number of ether oxygens (including phenoxy) is 1. The van der Waals surface area contributed by atoms with Crippen LogP contribution in [0.5, 0.6) is 0 Å². The Morgan fingerprint density at radius 1 is 1.04 bits per heavy atom. The van der Waals surface area contributed by atoms with Gasteiger partial charge in [-0.2, -0.15) is 0 Å². The molecule has 0 spiro atoms. The molecule has 6 heteroatoms. The minimum Gasteiger partial charge on any atom is -0.375 e. The molecule has 0 aliphatic heterocycles. The zero-order valence-corrected chi connectivity index (χ0v) is 15.5. The first-order valence-electron chi connectivity index (χ1n) is 8.56. The first kappa shape index (κ1) is 19.5. The molecule has 0 aromatic heterocycles.